The zero-order chi connectivity index (χ0) is 28.2. The van der Waals surface area contributed by atoms with Crippen molar-refractivity contribution in [3.05, 3.63) is 59.4 Å². The van der Waals surface area contributed by atoms with Gasteiger partial charge in [0, 0.05) is 68.2 Å². The van der Waals surface area contributed by atoms with Gasteiger partial charge in [-0.25, -0.2) is 23.4 Å². The van der Waals surface area contributed by atoms with Crippen molar-refractivity contribution in [1.82, 2.24) is 19.9 Å². The molecular weight excluding hydrogens is 566 g/mol. The molecule has 2 saturated heterocycles. The van der Waals surface area contributed by atoms with Gasteiger partial charge in [-0.1, -0.05) is 17.3 Å². The number of nitrogens with one attached hydrogen (secondary N) is 1. The summed E-state index contributed by atoms with van der Waals surface area (Å²) in [6, 6.07) is 8.04. The monoisotopic (exact) mass is 597 g/mol. The van der Waals surface area contributed by atoms with E-state index in [-0.39, 0.29) is 22.0 Å². The summed E-state index contributed by atoms with van der Waals surface area (Å²) in [4.78, 5) is 37.8. The van der Waals surface area contributed by atoms with Crippen molar-refractivity contribution in [2.75, 3.05) is 49.6 Å². The van der Waals surface area contributed by atoms with Crippen LogP contribution in [0.4, 0.5) is 11.1 Å². The predicted octanol–water partition coefficient (Wildman–Crippen LogP) is 2.34. The first-order valence-electron chi connectivity index (χ1n) is 13.6. The summed E-state index contributed by atoms with van der Waals surface area (Å²) in [5, 5.41) is 7.15. The van der Waals surface area contributed by atoms with Gasteiger partial charge in [0.15, 0.2) is 26.8 Å². The first kappa shape index (κ1) is 27.7. The summed E-state index contributed by atoms with van der Waals surface area (Å²) in [7, 11) is -3.34. The topological polar surface area (TPSA) is 139 Å². The summed E-state index contributed by atoms with van der Waals surface area (Å²) < 4.78 is 30.6. The molecule has 1 amide bonds. The van der Waals surface area contributed by atoms with Crippen molar-refractivity contribution < 1.29 is 22.8 Å². The Balaban J connectivity index is 1.10. The lowest BCUT2D eigenvalue weighted by Crippen LogP contribution is -2.46. The van der Waals surface area contributed by atoms with Gasteiger partial charge in [0.05, 0.1) is 23.4 Å². The third-order valence-electron chi connectivity index (χ3n) is 7.18. The number of anilines is 2. The maximum absolute atomic E-state index is 13.4. The molecule has 41 heavy (non-hydrogen) atoms. The number of rotatable bonds is 10. The molecule has 4 heterocycles. The highest BCUT2D eigenvalue weighted by Gasteiger charge is 2.37. The summed E-state index contributed by atoms with van der Waals surface area (Å²) in [5.41, 5.74) is 0.497. The van der Waals surface area contributed by atoms with Crippen LogP contribution in [0, 0.1) is 0 Å². The van der Waals surface area contributed by atoms with Crippen LogP contribution in [0.15, 0.2) is 59.0 Å². The van der Waals surface area contributed by atoms with Crippen LogP contribution in [0.2, 0.25) is 0 Å². The van der Waals surface area contributed by atoms with Crippen LogP contribution < -0.4 is 10.2 Å². The van der Waals surface area contributed by atoms with E-state index >= 15 is 0 Å². The van der Waals surface area contributed by atoms with E-state index in [0.29, 0.717) is 43.2 Å². The van der Waals surface area contributed by atoms with E-state index < -0.39 is 15.7 Å². The number of carbonyl (C=O) groups excluding carboxylic acids is 1. The Morgan fingerprint density at radius 2 is 1.83 bits per heavy atom. The molecule has 1 aromatic carbocycles. The molecule has 3 aromatic rings. The second-order valence-electron chi connectivity index (χ2n) is 10.2. The molecule has 0 bridgehead atoms. The highest BCUT2D eigenvalue weighted by molar-refractivity contribution is 7.92. The van der Waals surface area contributed by atoms with Crippen LogP contribution in [0.5, 0.6) is 0 Å². The lowest BCUT2D eigenvalue weighted by atomic mass is 10.1. The molecular formula is C27H31N7O5S2. The largest absolute Gasteiger partial charge is 0.389 e. The van der Waals surface area contributed by atoms with Crippen molar-refractivity contribution in [2.45, 2.75) is 42.1 Å². The van der Waals surface area contributed by atoms with Crippen molar-refractivity contribution in [2.24, 2.45) is 5.16 Å². The number of oxime groups is 1. The SMILES string of the molecule is O=C(Nc1ncc(CN2CCN(c3ncccn3)CC2)s1)C(=NO[C@@H]1CCOC1)c1ccc(S(=O)(=O)C2CC2)cc1. The van der Waals surface area contributed by atoms with Crippen LogP contribution >= 0.6 is 11.3 Å². The van der Waals surface area contributed by atoms with E-state index in [2.05, 4.69) is 35.2 Å². The zero-order valence-electron chi connectivity index (χ0n) is 22.4. The average molecular weight is 598 g/mol. The first-order valence-corrected chi connectivity index (χ1v) is 16.0. The fourth-order valence-electron chi connectivity index (χ4n) is 4.70. The second-order valence-corrected chi connectivity index (χ2v) is 13.5. The van der Waals surface area contributed by atoms with E-state index in [1.165, 1.54) is 23.5 Å². The molecule has 14 heteroatoms. The second kappa shape index (κ2) is 12.2. The number of thiazole rings is 1. The van der Waals surface area contributed by atoms with Gasteiger partial charge in [-0.2, -0.15) is 0 Å². The van der Waals surface area contributed by atoms with E-state index in [1.54, 1.807) is 30.7 Å². The fourth-order valence-corrected chi connectivity index (χ4v) is 7.20. The minimum absolute atomic E-state index is 0.0447. The Hall–Kier alpha value is -3.46. The van der Waals surface area contributed by atoms with Gasteiger partial charge >= 0.3 is 0 Å². The molecule has 3 fully saturated rings. The number of nitrogens with zero attached hydrogens (tertiary/aromatic N) is 6. The molecule has 1 atom stereocenters. The lowest BCUT2D eigenvalue weighted by molar-refractivity contribution is -0.110. The predicted molar refractivity (Wildman–Crippen MR) is 154 cm³/mol. The molecule has 6 rings (SSSR count). The number of carbonyl (C=O) groups is 1. The van der Waals surface area contributed by atoms with Gasteiger partial charge < -0.3 is 14.5 Å². The number of benzene rings is 1. The average Bonchev–Trinajstić information content (AvgIpc) is 3.58. The molecule has 0 radical (unpaired) electrons. The molecule has 1 saturated carbocycles. The smallest absolute Gasteiger partial charge is 0.280 e. The van der Waals surface area contributed by atoms with Crippen molar-refractivity contribution in [3.63, 3.8) is 0 Å². The minimum Gasteiger partial charge on any atom is -0.389 e. The van der Waals surface area contributed by atoms with E-state index in [0.717, 1.165) is 43.5 Å². The molecule has 2 aliphatic heterocycles. The molecule has 0 spiro atoms. The van der Waals surface area contributed by atoms with E-state index in [9.17, 15) is 13.2 Å². The highest BCUT2D eigenvalue weighted by atomic mass is 32.2. The normalized spacial score (nSPS) is 20.2. The number of hydrogen-bond acceptors (Lipinski definition) is 12. The Bertz CT molecular complexity index is 1480. The number of piperazine rings is 1. The number of aromatic nitrogens is 3. The van der Waals surface area contributed by atoms with Gasteiger partial charge in [0.25, 0.3) is 5.91 Å². The first-order chi connectivity index (χ1) is 20.0. The van der Waals surface area contributed by atoms with Crippen molar-refractivity contribution >= 4 is 43.9 Å². The van der Waals surface area contributed by atoms with Gasteiger partial charge in [0.1, 0.15) is 0 Å². The van der Waals surface area contributed by atoms with Crippen LogP contribution in [0.1, 0.15) is 29.7 Å². The zero-order valence-corrected chi connectivity index (χ0v) is 24.0. The van der Waals surface area contributed by atoms with Crippen LogP contribution in [-0.4, -0.2) is 90.6 Å². The molecule has 216 valence electrons. The van der Waals surface area contributed by atoms with Crippen LogP contribution in [-0.2, 0) is 30.8 Å². The van der Waals surface area contributed by atoms with Crippen molar-refractivity contribution in [3.8, 4) is 0 Å². The molecule has 3 aliphatic rings. The molecule has 0 unspecified atom stereocenters. The number of ether oxygens (including phenoxy) is 1. The van der Waals surface area contributed by atoms with Gasteiger partial charge in [-0.3, -0.25) is 15.0 Å². The lowest BCUT2D eigenvalue weighted by Gasteiger charge is -2.34. The molecule has 1 aliphatic carbocycles. The molecule has 2 aromatic heterocycles. The Morgan fingerprint density at radius 1 is 1.07 bits per heavy atom. The van der Waals surface area contributed by atoms with Crippen LogP contribution in [0.25, 0.3) is 0 Å². The summed E-state index contributed by atoms with van der Waals surface area (Å²) in [6.45, 7) is 5.09. The Kier molecular flexibility index (Phi) is 8.23. The fraction of sp³-hybridized carbons (Fsp3) is 0.444. The third-order valence-corrected chi connectivity index (χ3v) is 10.4. The maximum Gasteiger partial charge on any atom is 0.280 e. The highest BCUT2D eigenvalue weighted by Crippen LogP contribution is 2.33. The number of hydrogen-bond donors (Lipinski definition) is 1. The van der Waals surface area contributed by atoms with Gasteiger partial charge in [0.2, 0.25) is 5.95 Å². The summed E-state index contributed by atoms with van der Waals surface area (Å²) >= 11 is 1.41. The van der Waals surface area contributed by atoms with E-state index in [4.69, 9.17) is 9.57 Å². The number of amides is 1. The number of sulfone groups is 1. The van der Waals surface area contributed by atoms with Gasteiger partial charge in [-0.05, 0) is 31.0 Å². The summed E-state index contributed by atoms with van der Waals surface area (Å²) in [5.74, 6) is 0.259. The van der Waals surface area contributed by atoms with E-state index in [1.807, 2.05) is 6.07 Å². The van der Waals surface area contributed by atoms with Gasteiger partial charge in [-0.15, -0.1) is 11.3 Å². The minimum atomic E-state index is -3.34. The summed E-state index contributed by atoms with van der Waals surface area (Å²) in [6.07, 6.45) is 7.08. The van der Waals surface area contributed by atoms with Crippen LogP contribution in [0.3, 0.4) is 0 Å². The Morgan fingerprint density at radius 3 is 2.51 bits per heavy atom. The van der Waals surface area contributed by atoms with Crippen molar-refractivity contribution in [1.29, 1.82) is 0 Å². The standard InChI is InChI=1S/C27H31N7O5S2/c35-25(31-27-30-16-21(40-27)17-33-11-13-34(14-12-33)26-28-9-1-10-29-26)24(32-39-20-8-15-38-18-20)19-2-4-22(5-3-19)41(36,37)23-6-7-23/h1-5,9-10,16,20,23H,6-8,11-15,17-18H2,(H,30,31,35)/t20-/m1/s1. The maximum atomic E-state index is 13.4. The Labute approximate surface area is 242 Å². The quantitative estimate of drug-likeness (QED) is 0.274. The molecule has 1 N–H and O–H groups in total. The molecule has 12 nitrogen and oxygen atoms in total. The third kappa shape index (κ3) is 6.72.